The number of hydrogen-bond donors (Lipinski definition) is 0. The highest BCUT2D eigenvalue weighted by Crippen LogP contribution is 2.21. The third-order valence-corrected chi connectivity index (χ3v) is 2.80. The number of halogens is 1. The summed E-state index contributed by atoms with van der Waals surface area (Å²) in [4.78, 5) is 13.7. The van der Waals surface area contributed by atoms with Crippen molar-refractivity contribution in [3.63, 3.8) is 0 Å². The SMILES string of the molecule is COc1cccc(N(C)C(=O)c2ccc(Cl)nn2)c1. The molecule has 0 saturated heterocycles. The summed E-state index contributed by atoms with van der Waals surface area (Å²) in [5, 5.41) is 7.67. The molecule has 5 nitrogen and oxygen atoms in total. The summed E-state index contributed by atoms with van der Waals surface area (Å²) in [6, 6.07) is 10.3. The maximum absolute atomic E-state index is 12.2. The Morgan fingerprint density at radius 3 is 2.68 bits per heavy atom. The minimum Gasteiger partial charge on any atom is -0.497 e. The van der Waals surface area contributed by atoms with Crippen molar-refractivity contribution in [3.8, 4) is 5.75 Å². The van der Waals surface area contributed by atoms with E-state index in [0.717, 1.165) is 0 Å². The zero-order chi connectivity index (χ0) is 13.8. The second-order valence-electron chi connectivity index (χ2n) is 3.81. The van der Waals surface area contributed by atoms with E-state index in [4.69, 9.17) is 16.3 Å². The van der Waals surface area contributed by atoms with Gasteiger partial charge in [-0.25, -0.2) is 0 Å². The summed E-state index contributed by atoms with van der Waals surface area (Å²) >= 11 is 5.64. The Kier molecular flexibility index (Phi) is 3.97. The van der Waals surface area contributed by atoms with Crippen LogP contribution in [0.2, 0.25) is 5.15 Å². The van der Waals surface area contributed by atoms with Gasteiger partial charge in [0.1, 0.15) is 5.75 Å². The van der Waals surface area contributed by atoms with Crippen LogP contribution in [0.4, 0.5) is 5.69 Å². The Labute approximate surface area is 115 Å². The van der Waals surface area contributed by atoms with E-state index in [1.807, 2.05) is 18.2 Å². The minimum atomic E-state index is -0.266. The quantitative estimate of drug-likeness (QED) is 0.864. The van der Waals surface area contributed by atoms with Crippen LogP contribution in [0.1, 0.15) is 10.5 Å². The van der Waals surface area contributed by atoms with Gasteiger partial charge in [-0.1, -0.05) is 17.7 Å². The van der Waals surface area contributed by atoms with Crippen LogP contribution in [0.15, 0.2) is 36.4 Å². The highest BCUT2D eigenvalue weighted by Gasteiger charge is 2.15. The minimum absolute atomic E-state index is 0.231. The second-order valence-corrected chi connectivity index (χ2v) is 4.19. The number of nitrogens with zero attached hydrogens (tertiary/aromatic N) is 3. The van der Waals surface area contributed by atoms with Crippen LogP contribution in [0.3, 0.4) is 0 Å². The lowest BCUT2D eigenvalue weighted by atomic mass is 10.2. The van der Waals surface area contributed by atoms with Crippen LogP contribution in [0, 0.1) is 0 Å². The molecule has 0 saturated carbocycles. The number of amides is 1. The largest absolute Gasteiger partial charge is 0.497 e. The fourth-order valence-corrected chi connectivity index (χ4v) is 1.64. The number of benzene rings is 1. The maximum atomic E-state index is 12.2. The van der Waals surface area contributed by atoms with E-state index in [1.54, 1.807) is 20.2 Å². The molecule has 1 aromatic heterocycles. The van der Waals surface area contributed by atoms with E-state index in [2.05, 4.69) is 10.2 Å². The number of rotatable bonds is 3. The summed E-state index contributed by atoms with van der Waals surface area (Å²) in [5.74, 6) is 0.414. The van der Waals surface area contributed by atoms with Gasteiger partial charge in [0, 0.05) is 18.8 Å². The standard InChI is InChI=1S/C13H12ClN3O2/c1-17(9-4-3-5-10(8-9)19-2)13(18)11-6-7-12(14)16-15-11/h3-8H,1-2H3. The van der Waals surface area contributed by atoms with Crippen LogP contribution in [0.25, 0.3) is 0 Å². The molecule has 1 aromatic carbocycles. The average molecular weight is 278 g/mol. The number of carbonyl (C=O) groups is 1. The molecular weight excluding hydrogens is 266 g/mol. The molecule has 2 rings (SSSR count). The number of carbonyl (C=O) groups excluding carboxylic acids is 1. The number of aromatic nitrogens is 2. The van der Waals surface area contributed by atoms with Gasteiger partial charge in [0.15, 0.2) is 10.8 Å². The van der Waals surface area contributed by atoms with Crippen molar-refractivity contribution in [2.24, 2.45) is 0 Å². The Hall–Kier alpha value is -2.14. The summed E-state index contributed by atoms with van der Waals surface area (Å²) in [7, 11) is 3.24. The first-order valence-corrected chi connectivity index (χ1v) is 5.91. The molecular formula is C13H12ClN3O2. The maximum Gasteiger partial charge on any atom is 0.278 e. The number of anilines is 1. The molecule has 0 spiro atoms. The first kappa shape index (κ1) is 13.3. The van der Waals surface area contributed by atoms with Crippen molar-refractivity contribution < 1.29 is 9.53 Å². The molecule has 0 aliphatic heterocycles. The van der Waals surface area contributed by atoms with Crippen molar-refractivity contribution in [2.45, 2.75) is 0 Å². The Balaban J connectivity index is 2.25. The van der Waals surface area contributed by atoms with Crippen LogP contribution >= 0.6 is 11.6 Å². The van der Waals surface area contributed by atoms with Crippen molar-refractivity contribution in [2.75, 3.05) is 19.1 Å². The van der Waals surface area contributed by atoms with E-state index in [1.165, 1.54) is 17.0 Å². The summed E-state index contributed by atoms with van der Waals surface area (Å²) < 4.78 is 5.12. The van der Waals surface area contributed by atoms with E-state index in [9.17, 15) is 4.79 Å². The molecule has 0 atom stereocenters. The second kappa shape index (κ2) is 5.67. The molecule has 6 heteroatoms. The van der Waals surface area contributed by atoms with Gasteiger partial charge in [0.2, 0.25) is 0 Å². The highest BCUT2D eigenvalue weighted by molar-refractivity contribution is 6.29. The third kappa shape index (κ3) is 3.00. The number of hydrogen-bond acceptors (Lipinski definition) is 4. The number of methoxy groups -OCH3 is 1. The van der Waals surface area contributed by atoms with Crippen LogP contribution < -0.4 is 9.64 Å². The van der Waals surface area contributed by atoms with Crippen molar-refractivity contribution in [1.82, 2.24) is 10.2 Å². The first-order valence-electron chi connectivity index (χ1n) is 5.53. The fraction of sp³-hybridized carbons (Fsp3) is 0.154. The molecule has 0 fully saturated rings. The van der Waals surface area contributed by atoms with Crippen LogP contribution in [-0.4, -0.2) is 30.3 Å². The van der Waals surface area contributed by atoms with Gasteiger partial charge < -0.3 is 9.64 Å². The first-order chi connectivity index (χ1) is 9.11. The summed E-state index contributed by atoms with van der Waals surface area (Å²) in [6.07, 6.45) is 0. The van der Waals surface area contributed by atoms with E-state index < -0.39 is 0 Å². The lowest BCUT2D eigenvalue weighted by Gasteiger charge is -2.17. The number of ether oxygens (including phenoxy) is 1. The fourth-order valence-electron chi connectivity index (χ4n) is 1.54. The van der Waals surface area contributed by atoms with Crippen LogP contribution in [-0.2, 0) is 0 Å². The van der Waals surface area contributed by atoms with Gasteiger partial charge in [0.05, 0.1) is 7.11 Å². The van der Waals surface area contributed by atoms with Gasteiger partial charge in [-0.2, -0.15) is 0 Å². The average Bonchev–Trinajstić information content (AvgIpc) is 2.46. The van der Waals surface area contributed by atoms with Crippen molar-refractivity contribution in [1.29, 1.82) is 0 Å². The van der Waals surface area contributed by atoms with E-state index in [0.29, 0.717) is 11.4 Å². The van der Waals surface area contributed by atoms with Crippen LogP contribution in [0.5, 0.6) is 5.75 Å². The molecule has 0 aliphatic rings. The zero-order valence-electron chi connectivity index (χ0n) is 10.5. The summed E-state index contributed by atoms with van der Waals surface area (Å²) in [6.45, 7) is 0. The van der Waals surface area contributed by atoms with Gasteiger partial charge in [0.25, 0.3) is 5.91 Å². The van der Waals surface area contributed by atoms with Gasteiger partial charge >= 0.3 is 0 Å². The lowest BCUT2D eigenvalue weighted by Crippen LogP contribution is -2.27. The third-order valence-electron chi connectivity index (χ3n) is 2.60. The van der Waals surface area contributed by atoms with E-state index >= 15 is 0 Å². The molecule has 1 heterocycles. The Morgan fingerprint density at radius 1 is 1.26 bits per heavy atom. The zero-order valence-corrected chi connectivity index (χ0v) is 11.3. The Bertz CT molecular complexity index is 587. The predicted octanol–water partition coefficient (Wildman–Crippen LogP) is 2.42. The normalized spacial score (nSPS) is 10.1. The molecule has 0 bridgehead atoms. The van der Waals surface area contributed by atoms with Crippen molar-refractivity contribution >= 4 is 23.2 Å². The smallest absolute Gasteiger partial charge is 0.278 e. The summed E-state index contributed by atoms with van der Waals surface area (Å²) in [5.41, 5.74) is 0.941. The molecule has 19 heavy (non-hydrogen) atoms. The Morgan fingerprint density at radius 2 is 2.05 bits per heavy atom. The molecule has 0 N–H and O–H groups in total. The predicted molar refractivity (Wildman–Crippen MR) is 72.8 cm³/mol. The van der Waals surface area contributed by atoms with E-state index in [-0.39, 0.29) is 16.8 Å². The molecule has 2 aromatic rings. The molecule has 0 unspecified atom stereocenters. The van der Waals surface area contributed by atoms with Crippen molar-refractivity contribution in [3.05, 3.63) is 47.2 Å². The molecule has 98 valence electrons. The topological polar surface area (TPSA) is 55.3 Å². The molecule has 1 amide bonds. The highest BCUT2D eigenvalue weighted by atomic mass is 35.5. The lowest BCUT2D eigenvalue weighted by molar-refractivity contribution is 0.0987. The van der Waals surface area contributed by atoms with Gasteiger partial charge in [-0.15, -0.1) is 10.2 Å². The van der Waals surface area contributed by atoms with Gasteiger partial charge in [-0.3, -0.25) is 4.79 Å². The molecule has 0 radical (unpaired) electrons. The monoisotopic (exact) mass is 277 g/mol. The molecule has 0 aliphatic carbocycles. The van der Waals surface area contributed by atoms with Gasteiger partial charge in [-0.05, 0) is 24.3 Å².